The van der Waals surface area contributed by atoms with Gasteiger partial charge in [-0.25, -0.2) is 0 Å². The summed E-state index contributed by atoms with van der Waals surface area (Å²) in [5, 5.41) is 4.34. The van der Waals surface area contributed by atoms with Crippen molar-refractivity contribution in [3.63, 3.8) is 0 Å². The van der Waals surface area contributed by atoms with E-state index in [1.807, 2.05) is 40.7 Å². The van der Waals surface area contributed by atoms with Gasteiger partial charge < -0.3 is 24.4 Å². The standard InChI is InChI=1S/C29H42N4O3/c1-21-10-7-8-15-31(21)16-9-17-33-27(34)26-18-22-13-14-24(36-3)19-25(22)32(26)20-29(33,2)28(35)30-23-11-5-4-6-12-23/h13-14,18-19,21,23H,4-12,15-17,20H2,1-3H3,(H,30,35). The van der Waals surface area contributed by atoms with Crippen LogP contribution in [0.2, 0.25) is 0 Å². The number of rotatable bonds is 7. The number of benzene rings is 1. The molecule has 3 heterocycles. The number of likely N-dealkylation sites (tertiary alicyclic amines) is 1. The van der Waals surface area contributed by atoms with Crippen LogP contribution < -0.4 is 10.1 Å². The van der Waals surface area contributed by atoms with Gasteiger partial charge in [-0.15, -0.1) is 0 Å². The topological polar surface area (TPSA) is 66.8 Å². The van der Waals surface area contributed by atoms with E-state index in [1.54, 1.807) is 7.11 Å². The van der Waals surface area contributed by atoms with E-state index >= 15 is 0 Å². The molecule has 2 fully saturated rings. The molecule has 1 saturated carbocycles. The zero-order valence-electron chi connectivity index (χ0n) is 22.2. The molecule has 7 nitrogen and oxygen atoms in total. The molecule has 196 valence electrons. The molecule has 5 rings (SSSR count). The fraction of sp³-hybridized carbons (Fsp3) is 0.655. The van der Waals surface area contributed by atoms with Crippen molar-refractivity contribution in [3.05, 3.63) is 30.0 Å². The average Bonchev–Trinajstić information content (AvgIpc) is 3.25. The van der Waals surface area contributed by atoms with Crippen LogP contribution in [0.4, 0.5) is 0 Å². The van der Waals surface area contributed by atoms with Crippen LogP contribution in [0.5, 0.6) is 5.75 Å². The maximum absolute atomic E-state index is 14.0. The summed E-state index contributed by atoms with van der Waals surface area (Å²) in [7, 11) is 1.65. The van der Waals surface area contributed by atoms with Crippen LogP contribution in [-0.4, -0.2) is 70.5 Å². The van der Waals surface area contributed by atoms with Gasteiger partial charge in [0.05, 0.1) is 19.2 Å². The van der Waals surface area contributed by atoms with Gasteiger partial charge in [-0.3, -0.25) is 9.59 Å². The number of ether oxygens (including phenoxy) is 1. The van der Waals surface area contributed by atoms with Gasteiger partial charge in [-0.1, -0.05) is 25.7 Å². The Balaban J connectivity index is 1.43. The Bertz CT molecular complexity index is 1110. The van der Waals surface area contributed by atoms with Crippen molar-refractivity contribution >= 4 is 22.7 Å². The molecule has 1 aliphatic carbocycles. The lowest BCUT2D eigenvalue weighted by molar-refractivity contribution is -0.133. The molecule has 1 saturated heterocycles. The smallest absolute Gasteiger partial charge is 0.271 e. The summed E-state index contributed by atoms with van der Waals surface area (Å²) in [5.74, 6) is 0.677. The molecule has 1 N–H and O–H groups in total. The molecule has 2 aromatic rings. The van der Waals surface area contributed by atoms with Gasteiger partial charge in [-0.05, 0) is 70.7 Å². The highest BCUT2D eigenvalue weighted by molar-refractivity contribution is 6.03. The average molecular weight is 495 g/mol. The SMILES string of the molecule is COc1ccc2cc3n(c2c1)CC(C)(C(=O)NC1CCCCC1)N(CCCN1CCCCC1C)C3=O. The Morgan fingerprint density at radius 3 is 2.61 bits per heavy atom. The normalized spacial score (nSPS) is 25.7. The second-order valence-electron chi connectivity index (χ2n) is 11.3. The van der Waals surface area contributed by atoms with Crippen molar-refractivity contribution < 1.29 is 14.3 Å². The van der Waals surface area contributed by atoms with Gasteiger partial charge in [0.25, 0.3) is 5.91 Å². The van der Waals surface area contributed by atoms with E-state index < -0.39 is 5.54 Å². The van der Waals surface area contributed by atoms with Gasteiger partial charge in [-0.2, -0.15) is 0 Å². The number of hydrogen-bond acceptors (Lipinski definition) is 4. The molecular formula is C29H42N4O3. The zero-order chi connectivity index (χ0) is 25.3. The Morgan fingerprint density at radius 2 is 1.86 bits per heavy atom. The molecule has 7 heteroatoms. The maximum Gasteiger partial charge on any atom is 0.271 e. The monoisotopic (exact) mass is 494 g/mol. The summed E-state index contributed by atoms with van der Waals surface area (Å²) in [4.78, 5) is 32.3. The van der Waals surface area contributed by atoms with Crippen molar-refractivity contribution in [1.29, 1.82) is 0 Å². The zero-order valence-corrected chi connectivity index (χ0v) is 22.2. The van der Waals surface area contributed by atoms with E-state index in [1.165, 1.54) is 25.7 Å². The van der Waals surface area contributed by atoms with Crippen LogP contribution in [-0.2, 0) is 11.3 Å². The largest absolute Gasteiger partial charge is 0.497 e. The Morgan fingerprint density at radius 1 is 1.08 bits per heavy atom. The van der Waals surface area contributed by atoms with Gasteiger partial charge in [0.1, 0.15) is 17.0 Å². The first kappa shape index (κ1) is 25.1. The minimum atomic E-state index is -0.940. The number of hydrogen-bond donors (Lipinski definition) is 1. The lowest BCUT2D eigenvalue weighted by Crippen LogP contribution is -2.65. The number of amides is 2. The van der Waals surface area contributed by atoms with E-state index in [2.05, 4.69) is 17.1 Å². The molecule has 0 radical (unpaired) electrons. The molecule has 2 aliphatic heterocycles. The first-order chi connectivity index (χ1) is 17.4. The molecule has 36 heavy (non-hydrogen) atoms. The summed E-state index contributed by atoms with van der Waals surface area (Å²) < 4.78 is 7.49. The fourth-order valence-corrected chi connectivity index (χ4v) is 6.52. The van der Waals surface area contributed by atoms with Crippen LogP contribution >= 0.6 is 0 Å². The summed E-state index contributed by atoms with van der Waals surface area (Å²) >= 11 is 0. The summed E-state index contributed by atoms with van der Waals surface area (Å²) in [6, 6.07) is 8.65. The number of nitrogens with zero attached hydrogens (tertiary/aromatic N) is 3. The predicted molar refractivity (Wildman–Crippen MR) is 142 cm³/mol. The van der Waals surface area contributed by atoms with E-state index in [4.69, 9.17) is 4.74 Å². The lowest BCUT2D eigenvalue weighted by atomic mass is 9.91. The van der Waals surface area contributed by atoms with E-state index in [0.717, 1.165) is 61.8 Å². The molecule has 2 atom stereocenters. The molecule has 2 amide bonds. The molecular weight excluding hydrogens is 452 g/mol. The van der Waals surface area contributed by atoms with Crippen molar-refractivity contribution in [1.82, 2.24) is 19.7 Å². The summed E-state index contributed by atoms with van der Waals surface area (Å²) in [6.07, 6.45) is 10.3. The van der Waals surface area contributed by atoms with Crippen LogP contribution in [0.3, 0.4) is 0 Å². The molecule has 2 unspecified atom stereocenters. The third-order valence-electron chi connectivity index (χ3n) is 8.83. The second kappa shape index (κ2) is 10.4. The first-order valence-corrected chi connectivity index (χ1v) is 13.9. The number of carbonyl (C=O) groups excluding carboxylic acids is 2. The molecule has 1 aromatic heterocycles. The summed E-state index contributed by atoms with van der Waals surface area (Å²) in [6.45, 7) is 7.39. The summed E-state index contributed by atoms with van der Waals surface area (Å²) in [5.41, 5.74) is 0.660. The van der Waals surface area contributed by atoms with Crippen LogP contribution in [0, 0.1) is 0 Å². The van der Waals surface area contributed by atoms with Crippen molar-refractivity contribution in [2.45, 2.75) is 95.8 Å². The fourth-order valence-electron chi connectivity index (χ4n) is 6.52. The lowest BCUT2D eigenvalue weighted by Gasteiger charge is -2.45. The maximum atomic E-state index is 14.0. The molecule has 0 bridgehead atoms. The Hall–Kier alpha value is -2.54. The number of fused-ring (bicyclic) bond motifs is 3. The van der Waals surface area contributed by atoms with E-state index in [0.29, 0.717) is 24.8 Å². The molecule has 0 spiro atoms. The van der Waals surface area contributed by atoms with Gasteiger partial charge in [0, 0.05) is 36.6 Å². The molecule has 3 aliphatic rings. The van der Waals surface area contributed by atoms with Crippen molar-refractivity contribution in [3.8, 4) is 5.75 Å². The first-order valence-electron chi connectivity index (χ1n) is 13.9. The van der Waals surface area contributed by atoms with E-state index in [-0.39, 0.29) is 17.9 Å². The Labute approximate surface area is 215 Å². The quantitative estimate of drug-likeness (QED) is 0.612. The predicted octanol–water partition coefficient (Wildman–Crippen LogP) is 4.58. The highest BCUT2D eigenvalue weighted by Gasteiger charge is 2.48. The number of nitrogens with one attached hydrogen (secondary N) is 1. The number of methoxy groups -OCH3 is 1. The number of carbonyl (C=O) groups is 2. The van der Waals surface area contributed by atoms with E-state index in [9.17, 15) is 9.59 Å². The Kier molecular flexibility index (Phi) is 7.29. The van der Waals surface area contributed by atoms with Crippen molar-refractivity contribution in [2.75, 3.05) is 26.7 Å². The number of aromatic nitrogens is 1. The van der Waals surface area contributed by atoms with Crippen molar-refractivity contribution in [2.24, 2.45) is 0 Å². The van der Waals surface area contributed by atoms with Gasteiger partial charge >= 0.3 is 0 Å². The van der Waals surface area contributed by atoms with Crippen LogP contribution in [0.15, 0.2) is 24.3 Å². The third-order valence-corrected chi connectivity index (χ3v) is 8.83. The van der Waals surface area contributed by atoms with Crippen LogP contribution in [0.25, 0.3) is 10.9 Å². The highest BCUT2D eigenvalue weighted by atomic mass is 16.5. The highest BCUT2D eigenvalue weighted by Crippen LogP contribution is 2.34. The minimum Gasteiger partial charge on any atom is -0.497 e. The second-order valence-corrected chi connectivity index (χ2v) is 11.3. The molecule has 1 aromatic carbocycles. The third kappa shape index (κ3) is 4.74. The van der Waals surface area contributed by atoms with Gasteiger partial charge in [0.15, 0.2) is 0 Å². The number of piperidine rings is 1. The van der Waals surface area contributed by atoms with Crippen LogP contribution in [0.1, 0.15) is 82.1 Å². The minimum absolute atomic E-state index is 0.0236. The van der Waals surface area contributed by atoms with Gasteiger partial charge in [0.2, 0.25) is 5.91 Å².